The van der Waals surface area contributed by atoms with Crippen LogP contribution in [-0.2, 0) is 17.8 Å². The van der Waals surface area contributed by atoms with E-state index in [2.05, 4.69) is 45.2 Å². The summed E-state index contributed by atoms with van der Waals surface area (Å²) in [6.07, 6.45) is 4.32. The zero-order valence-electron chi connectivity index (χ0n) is 10.1. The van der Waals surface area contributed by atoms with Gasteiger partial charge in [-0.2, -0.15) is 11.3 Å². The third-order valence-electron chi connectivity index (χ3n) is 2.57. The van der Waals surface area contributed by atoms with E-state index in [9.17, 15) is 0 Å². The van der Waals surface area contributed by atoms with Gasteiger partial charge >= 0.3 is 0 Å². The number of thiophene rings is 1. The van der Waals surface area contributed by atoms with Crippen molar-refractivity contribution in [3.8, 4) is 0 Å². The van der Waals surface area contributed by atoms with Crippen LogP contribution >= 0.6 is 11.3 Å². The SMILES string of the molecule is COCCNCc1ccn(Cc2ccsc2)c1. The average molecular weight is 250 g/mol. The van der Waals surface area contributed by atoms with Gasteiger partial charge in [0.2, 0.25) is 0 Å². The molecule has 2 heterocycles. The fraction of sp³-hybridized carbons (Fsp3) is 0.385. The van der Waals surface area contributed by atoms with Crippen LogP contribution in [0, 0.1) is 0 Å². The van der Waals surface area contributed by atoms with Crippen LogP contribution in [0.5, 0.6) is 0 Å². The van der Waals surface area contributed by atoms with Gasteiger partial charge in [-0.1, -0.05) is 0 Å². The van der Waals surface area contributed by atoms with E-state index < -0.39 is 0 Å². The minimum Gasteiger partial charge on any atom is -0.383 e. The monoisotopic (exact) mass is 250 g/mol. The molecular weight excluding hydrogens is 232 g/mol. The van der Waals surface area contributed by atoms with Crippen LogP contribution in [0.3, 0.4) is 0 Å². The first-order chi connectivity index (χ1) is 8.38. The summed E-state index contributed by atoms with van der Waals surface area (Å²) >= 11 is 1.75. The van der Waals surface area contributed by atoms with Crippen molar-refractivity contribution < 1.29 is 4.74 Å². The molecule has 2 aromatic rings. The standard InChI is InChI=1S/C13H18N2OS/c1-16-6-4-14-8-12-2-5-15(9-12)10-13-3-7-17-11-13/h2-3,5,7,9,11,14H,4,6,8,10H2,1H3. The molecule has 0 aliphatic heterocycles. The maximum absolute atomic E-state index is 4.99. The highest BCUT2D eigenvalue weighted by Gasteiger charge is 1.98. The highest BCUT2D eigenvalue weighted by molar-refractivity contribution is 7.07. The number of hydrogen-bond acceptors (Lipinski definition) is 3. The number of aromatic nitrogens is 1. The van der Waals surface area contributed by atoms with E-state index >= 15 is 0 Å². The van der Waals surface area contributed by atoms with Crippen LogP contribution in [-0.4, -0.2) is 24.8 Å². The van der Waals surface area contributed by atoms with E-state index in [1.54, 1.807) is 18.4 Å². The Morgan fingerprint density at radius 1 is 1.35 bits per heavy atom. The molecule has 0 saturated heterocycles. The van der Waals surface area contributed by atoms with Gasteiger partial charge in [-0.3, -0.25) is 0 Å². The van der Waals surface area contributed by atoms with E-state index in [0.717, 1.165) is 26.2 Å². The number of rotatable bonds is 7. The Hall–Kier alpha value is -1.10. The normalized spacial score (nSPS) is 10.9. The maximum atomic E-state index is 4.99. The second-order valence-corrected chi connectivity index (χ2v) is 4.77. The van der Waals surface area contributed by atoms with Gasteiger partial charge in [-0.05, 0) is 34.0 Å². The van der Waals surface area contributed by atoms with Crippen molar-refractivity contribution in [1.29, 1.82) is 0 Å². The molecule has 0 aliphatic rings. The van der Waals surface area contributed by atoms with Gasteiger partial charge in [0, 0.05) is 39.1 Å². The van der Waals surface area contributed by atoms with E-state index in [1.807, 2.05) is 0 Å². The van der Waals surface area contributed by atoms with E-state index in [1.165, 1.54) is 11.1 Å². The van der Waals surface area contributed by atoms with Crippen molar-refractivity contribution in [2.75, 3.05) is 20.3 Å². The van der Waals surface area contributed by atoms with Gasteiger partial charge in [0.15, 0.2) is 0 Å². The van der Waals surface area contributed by atoms with Crippen LogP contribution < -0.4 is 5.32 Å². The molecule has 2 aromatic heterocycles. The smallest absolute Gasteiger partial charge is 0.0587 e. The Bertz CT molecular complexity index is 422. The van der Waals surface area contributed by atoms with Gasteiger partial charge in [0.25, 0.3) is 0 Å². The summed E-state index contributed by atoms with van der Waals surface area (Å²) in [6.45, 7) is 3.52. The molecule has 0 bridgehead atoms. The molecule has 0 unspecified atom stereocenters. The molecule has 0 amide bonds. The lowest BCUT2D eigenvalue weighted by atomic mass is 10.3. The largest absolute Gasteiger partial charge is 0.383 e. The minimum atomic E-state index is 0.760. The summed E-state index contributed by atoms with van der Waals surface area (Å²) in [7, 11) is 1.72. The lowest BCUT2D eigenvalue weighted by Crippen LogP contribution is -2.18. The van der Waals surface area contributed by atoms with Crippen LogP contribution in [0.25, 0.3) is 0 Å². The molecule has 0 radical (unpaired) electrons. The Morgan fingerprint density at radius 3 is 3.06 bits per heavy atom. The maximum Gasteiger partial charge on any atom is 0.0587 e. The second kappa shape index (κ2) is 6.59. The van der Waals surface area contributed by atoms with Crippen molar-refractivity contribution in [2.24, 2.45) is 0 Å². The number of nitrogens with zero attached hydrogens (tertiary/aromatic N) is 1. The summed E-state index contributed by atoms with van der Waals surface area (Å²) in [5, 5.41) is 7.65. The molecule has 0 spiro atoms. The van der Waals surface area contributed by atoms with Gasteiger partial charge in [-0.25, -0.2) is 0 Å². The molecule has 17 heavy (non-hydrogen) atoms. The van der Waals surface area contributed by atoms with Gasteiger partial charge in [0.05, 0.1) is 6.61 Å². The third kappa shape index (κ3) is 4.00. The van der Waals surface area contributed by atoms with E-state index in [0.29, 0.717) is 0 Å². The summed E-state index contributed by atoms with van der Waals surface area (Å²) in [5.74, 6) is 0. The summed E-state index contributed by atoms with van der Waals surface area (Å²) in [4.78, 5) is 0. The highest BCUT2D eigenvalue weighted by atomic mass is 32.1. The molecular formula is C13H18N2OS. The minimum absolute atomic E-state index is 0.760. The third-order valence-corrected chi connectivity index (χ3v) is 3.30. The highest BCUT2D eigenvalue weighted by Crippen LogP contribution is 2.09. The Morgan fingerprint density at radius 2 is 2.29 bits per heavy atom. The van der Waals surface area contributed by atoms with Crippen molar-refractivity contribution in [3.63, 3.8) is 0 Å². The zero-order chi connectivity index (χ0) is 11.9. The lowest BCUT2D eigenvalue weighted by molar-refractivity contribution is 0.199. The first-order valence-corrected chi connectivity index (χ1v) is 6.68. The zero-order valence-corrected chi connectivity index (χ0v) is 10.9. The molecule has 4 heteroatoms. The van der Waals surface area contributed by atoms with Crippen molar-refractivity contribution in [3.05, 3.63) is 46.4 Å². The fourth-order valence-electron chi connectivity index (χ4n) is 1.69. The molecule has 0 atom stereocenters. The average Bonchev–Trinajstić information content (AvgIpc) is 2.97. The van der Waals surface area contributed by atoms with Crippen LogP contribution in [0.4, 0.5) is 0 Å². The fourth-order valence-corrected chi connectivity index (χ4v) is 2.35. The second-order valence-electron chi connectivity index (χ2n) is 3.99. The summed E-state index contributed by atoms with van der Waals surface area (Å²) in [5.41, 5.74) is 2.68. The Labute approximate surface area is 106 Å². The van der Waals surface area contributed by atoms with Crippen molar-refractivity contribution in [1.82, 2.24) is 9.88 Å². The molecule has 3 nitrogen and oxygen atoms in total. The summed E-state index contributed by atoms with van der Waals surface area (Å²) in [6, 6.07) is 4.33. The van der Waals surface area contributed by atoms with Gasteiger partial charge in [0.1, 0.15) is 0 Å². The van der Waals surface area contributed by atoms with Gasteiger partial charge in [-0.15, -0.1) is 0 Å². The topological polar surface area (TPSA) is 26.2 Å². The number of nitrogens with one attached hydrogen (secondary N) is 1. The van der Waals surface area contributed by atoms with Gasteiger partial charge < -0.3 is 14.6 Å². The first kappa shape index (κ1) is 12.4. The van der Waals surface area contributed by atoms with Crippen molar-refractivity contribution >= 4 is 11.3 Å². The number of hydrogen-bond donors (Lipinski definition) is 1. The molecule has 92 valence electrons. The quantitative estimate of drug-likeness (QED) is 0.763. The predicted octanol–water partition coefficient (Wildman–Crippen LogP) is 2.33. The number of methoxy groups -OCH3 is 1. The van der Waals surface area contributed by atoms with Crippen LogP contribution in [0.15, 0.2) is 35.3 Å². The molecule has 0 aromatic carbocycles. The molecule has 0 fully saturated rings. The first-order valence-electron chi connectivity index (χ1n) is 5.74. The lowest BCUT2D eigenvalue weighted by Gasteiger charge is -2.02. The van der Waals surface area contributed by atoms with Crippen molar-refractivity contribution in [2.45, 2.75) is 13.1 Å². The van der Waals surface area contributed by atoms with E-state index in [4.69, 9.17) is 4.74 Å². The van der Waals surface area contributed by atoms with E-state index in [-0.39, 0.29) is 0 Å². The molecule has 0 aliphatic carbocycles. The summed E-state index contributed by atoms with van der Waals surface area (Å²) < 4.78 is 7.21. The van der Waals surface area contributed by atoms with Crippen LogP contribution in [0.1, 0.15) is 11.1 Å². The molecule has 2 rings (SSSR count). The molecule has 1 N–H and O–H groups in total. The Balaban J connectivity index is 1.79. The Kier molecular flexibility index (Phi) is 4.79. The molecule has 0 saturated carbocycles. The number of ether oxygens (including phenoxy) is 1. The van der Waals surface area contributed by atoms with Crippen LogP contribution in [0.2, 0.25) is 0 Å². The predicted molar refractivity (Wildman–Crippen MR) is 71.4 cm³/mol.